The maximum Gasteiger partial charge on any atom is 0.234 e. The molecule has 0 saturated carbocycles. The Hall–Kier alpha value is -1.55. The Kier molecular flexibility index (Phi) is 3.66. The van der Waals surface area contributed by atoms with Gasteiger partial charge in [0, 0.05) is 24.8 Å². The van der Waals surface area contributed by atoms with Gasteiger partial charge in [0.2, 0.25) is 5.91 Å². The number of ether oxygens (including phenoxy) is 1. The van der Waals surface area contributed by atoms with Crippen molar-refractivity contribution in [1.82, 2.24) is 5.32 Å². The zero-order valence-electron chi connectivity index (χ0n) is 12.0. The highest BCUT2D eigenvalue weighted by Crippen LogP contribution is 2.39. The van der Waals surface area contributed by atoms with Crippen LogP contribution in [0.4, 0.5) is 5.69 Å². The molecule has 0 radical (unpaired) electrons. The molecule has 0 aliphatic carbocycles. The lowest BCUT2D eigenvalue weighted by molar-refractivity contribution is -0.131. The monoisotopic (exact) mass is 274 g/mol. The lowest BCUT2D eigenvalue weighted by atomic mass is 9.73. The lowest BCUT2D eigenvalue weighted by Gasteiger charge is -2.44. The molecule has 1 amide bonds. The number of nitrogens with one attached hydrogen (secondary N) is 1. The molecule has 4 heteroatoms. The minimum atomic E-state index is -0.181. The Morgan fingerprint density at radius 2 is 2.15 bits per heavy atom. The molecule has 2 fully saturated rings. The molecule has 2 heterocycles. The summed E-state index contributed by atoms with van der Waals surface area (Å²) >= 11 is 0. The van der Waals surface area contributed by atoms with E-state index < -0.39 is 0 Å². The molecule has 2 aliphatic rings. The molecular formula is C16H22N2O2. The molecule has 1 spiro atoms. The summed E-state index contributed by atoms with van der Waals surface area (Å²) in [6, 6.07) is 7.81. The van der Waals surface area contributed by atoms with Crippen LogP contribution >= 0.6 is 0 Å². The number of benzene rings is 1. The second kappa shape index (κ2) is 5.44. The molecule has 2 saturated heterocycles. The van der Waals surface area contributed by atoms with Crippen LogP contribution in [0, 0.1) is 5.41 Å². The van der Waals surface area contributed by atoms with Gasteiger partial charge in [-0.25, -0.2) is 0 Å². The molecule has 1 N–H and O–H groups in total. The minimum Gasteiger partial charge on any atom is -0.497 e. The topological polar surface area (TPSA) is 41.6 Å². The van der Waals surface area contributed by atoms with Gasteiger partial charge in [-0.2, -0.15) is 0 Å². The summed E-state index contributed by atoms with van der Waals surface area (Å²) in [5.74, 6) is 1.08. The molecule has 108 valence electrons. The van der Waals surface area contributed by atoms with Crippen LogP contribution in [0.2, 0.25) is 0 Å². The average molecular weight is 274 g/mol. The van der Waals surface area contributed by atoms with Crippen LogP contribution in [0.5, 0.6) is 5.75 Å². The summed E-state index contributed by atoms with van der Waals surface area (Å²) in [5.41, 5.74) is 0.776. The van der Waals surface area contributed by atoms with Crippen molar-refractivity contribution in [3.8, 4) is 5.75 Å². The molecule has 1 aromatic rings. The highest BCUT2D eigenvalue weighted by Gasteiger charge is 2.44. The largest absolute Gasteiger partial charge is 0.497 e. The zero-order chi connectivity index (χ0) is 14.0. The third-order valence-electron chi connectivity index (χ3n) is 4.57. The molecule has 3 rings (SSSR count). The SMILES string of the molecule is COc1cccc(N2CCCC3(CCCNC3)C2=O)c1. The van der Waals surface area contributed by atoms with Crippen LogP contribution in [0.15, 0.2) is 24.3 Å². The summed E-state index contributed by atoms with van der Waals surface area (Å²) in [6.45, 7) is 2.67. The number of anilines is 1. The number of hydrogen-bond acceptors (Lipinski definition) is 3. The van der Waals surface area contributed by atoms with E-state index in [0.29, 0.717) is 0 Å². The molecule has 1 unspecified atom stereocenters. The summed E-state index contributed by atoms with van der Waals surface area (Å²) in [7, 11) is 1.66. The fourth-order valence-electron chi connectivity index (χ4n) is 3.46. The van der Waals surface area contributed by atoms with E-state index in [9.17, 15) is 4.79 Å². The van der Waals surface area contributed by atoms with Crippen LogP contribution in [0.3, 0.4) is 0 Å². The molecule has 20 heavy (non-hydrogen) atoms. The van der Waals surface area contributed by atoms with E-state index in [0.717, 1.165) is 56.8 Å². The predicted molar refractivity (Wildman–Crippen MR) is 79.1 cm³/mol. The number of piperidine rings is 2. The maximum absolute atomic E-state index is 12.9. The number of hydrogen-bond donors (Lipinski definition) is 1. The van der Waals surface area contributed by atoms with Crippen LogP contribution in [0.1, 0.15) is 25.7 Å². The second-order valence-electron chi connectivity index (χ2n) is 5.82. The smallest absolute Gasteiger partial charge is 0.234 e. The van der Waals surface area contributed by atoms with Gasteiger partial charge in [0.05, 0.1) is 12.5 Å². The third kappa shape index (κ3) is 2.29. The average Bonchev–Trinajstić information content (AvgIpc) is 2.51. The Balaban J connectivity index is 1.87. The van der Waals surface area contributed by atoms with Crippen molar-refractivity contribution in [3.05, 3.63) is 24.3 Å². The number of carbonyl (C=O) groups excluding carboxylic acids is 1. The summed E-state index contributed by atoms with van der Waals surface area (Å²) in [5, 5.41) is 3.40. The molecule has 2 aliphatic heterocycles. The molecule has 1 aromatic carbocycles. The van der Waals surface area contributed by atoms with E-state index >= 15 is 0 Å². The van der Waals surface area contributed by atoms with Crippen LogP contribution in [-0.4, -0.2) is 32.7 Å². The minimum absolute atomic E-state index is 0.181. The first kappa shape index (κ1) is 13.4. The van der Waals surface area contributed by atoms with Crippen molar-refractivity contribution >= 4 is 11.6 Å². The van der Waals surface area contributed by atoms with Crippen LogP contribution in [-0.2, 0) is 4.79 Å². The normalized spacial score (nSPS) is 26.9. The number of methoxy groups -OCH3 is 1. The van der Waals surface area contributed by atoms with Crippen molar-refractivity contribution in [3.63, 3.8) is 0 Å². The second-order valence-corrected chi connectivity index (χ2v) is 5.82. The van der Waals surface area contributed by atoms with Gasteiger partial charge in [0.25, 0.3) is 0 Å². The number of amides is 1. The van der Waals surface area contributed by atoms with Crippen LogP contribution in [0.25, 0.3) is 0 Å². The Bertz CT molecular complexity index is 489. The summed E-state index contributed by atoms with van der Waals surface area (Å²) in [6.07, 6.45) is 4.20. The van der Waals surface area contributed by atoms with Crippen molar-refractivity contribution < 1.29 is 9.53 Å². The highest BCUT2D eigenvalue weighted by atomic mass is 16.5. The lowest BCUT2D eigenvalue weighted by Crippen LogP contribution is -2.55. The van der Waals surface area contributed by atoms with Gasteiger partial charge in [-0.05, 0) is 44.4 Å². The number of rotatable bonds is 2. The first-order chi connectivity index (χ1) is 9.75. The first-order valence-corrected chi connectivity index (χ1v) is 7.42. The van der Waals surface area contributed by atoms with Crippen LogP contribution < -0.4 is 15.0 Å². The van der Waals surface area contributed by atoms with Gasteiger partial charge in [-0.3, -0.25) is 4.79 Å². The summed E-state index contributed by atoms with van der Waals surface area (Å²) in [4.78, 5) is 14.9. The van der Waals surface area contributed by atoms with Crippen molar-refractivity contribution in [2.75, 3.05) is 31.6 Å². The Morgan fingerprint density at radius 3 is 2.90 bits per heavy atom. The highest BCUT2D eigenvalue weighted by molar-refractivity contribution is 5.98. The Morgan fingerprint density at radius 1 is 1.30 bits per heavy atom. The van der Waals surface area contributed by atoms with Gasteiger partial charge in [-0.1, -0.05) is 6.07 Å². The first-order valence-electron chi connectivity index (χ1n) is 7.42. The molecule has 4 nitrogen and oxygen atoms in total. The fraction of sp³-hybridized carbons (Fsp3) is 0.562. The van der Waals surface area contributed by atoms with Gasteiger partial charge in [0.1, 0.15) is 5.75 Å². The van der Waals surface area contributed by atoms with E-state index in [1.807, 2.05) is 29.2 Å². The van der Waals surface area contributed by atoms with Crippen molar-refractivity contribution in [2.24, 2.45) is 5.41 Å². The number of carbonyl (C=O) groups is 1. The van der Waals surface area contributed by atoms with Gasteiger partial charge < -0.3 is 15.0 Å². The van der Waals surface area contributed by atoms with E-state index in [1.54, 1.807) is 7.11 Å². The molecule has 0 aromatic heterocycles. The zero-order valence-corrected chi connectivity index (χ0v) is 12.0. The van der Waals surface area contributed by atoms with Gasteiger partial charge >= 0.3 is 0 Å². The van der Waals surface area contributed by atoms with Gasteiger partial charge in [0.15, 0.2) is 0 Å². The number of nitrogens with zero attached hydrogens (tertiary/aromatic N) is 1. The van der Waals surface area contributed by atoms with Gasteiger partial charge in [-0.15, -0.1) is 0 Å². The molecule has 1 atom stereocenters. The van der Waals surface area contributed by atoms with E-state index in [-0.39, 0.29) is 11.3 Å². The van der Waals surface area contributed by atoms with E-state index in [4.69, 9.17) is 4.74 Å². The maximum atomic E-state index is 12.9. The van der Waals surface area contributed by atoms with Crippen molar-refractivity contribution in [1.29, 1.82) is 0 Å². The molecular weight excluding hydrogens is 252 g/mol. The predicted octanol–water partition coefficient (Wildman–Crippen LogP) is 2.19. The quantitative estimate of drug-likeness (QED) is 0.899. The van der Waals surface area contributed by atoms with E-state index in [1.165, 1.54) is 0 Å². The Labute approximate surface area is 120 Å². The fourth-order valence-corrected chi connectivity index (χ4v) is 3.46. The summed E-state index contributed by atoms with van der Waals surface area (Å²) < 4.78 is 5.27. The van der Waals surface area contributed by atoms with E-state index in [2.05, 4.69) is 5.32 Å². The molecule has 0 bridgehead atoms. The van der Waals surface area contributed by atoms with Crippen molar-refractivity contribution in [2.45, 2.75) is 25.7 Å². The third-order valence-corrected chi connectivity index (χ3v) is 4.57. The standard InChI is InChI=1S/C16H22N2O2/c1-20-14-6-2-5-13(11-14)18-10-4-8-16(15(18)19)7-3-9-17-12-16/h2,5-6,11,17H,3-4,7-10,12H2,1H3.